The van der Waals surface area contributed by atoms with Gasteiger partial charge in [0, 0.05) is 43.7 Å². The number of morpholine rings is 1. The van der Waals surface area contributed by atoms with E-state index in [9.17, 15) is 4.79 Å². The van der Waals surface area contributed by atoms with E-state index < -0.39 is 0 Å². The highest BCUT2D eigenvalue weighted by Gasteiger charge is 2.20. The number of anilines is 2. The standard InChI is InChI=1S/C27H23N7O3/c28-27-30-15-20(16-31-27)25-32-21-13-19(14-29-24(21)26(33-25)34-6-9-36-10-7-34)18-4-1-3-17(11-18)12-22(35)23-5-2-8-37-23/h1-5,8,11,13-16H,6-7,9-10,12H2,(H2,28,30,31). The molecule has 1 aliphatic heterocycles. The number of nitrogens with two attached hydrogens (primary N) is 1. The number of ether oxygens (including phenoxy) is 1. The number of hydrogen-bond donors (Lipinski definition) is 1. The van der Waals surface area contributed by atoms with E-state index in [1.807, 2.05) is 36.5 Å². The molecule has 0 radical (unpaired) electrons. The summed E-state index contributed by atoms with van der Waals surface area (Å²) in [5.74, 6) is 1.70. The number of hydrogen-bond acceptors (Lipinski definition) is 10. The molecule has 6 rings (SSSR count). The highest BCUT2D eigenvalue weighted by molar-refractivity contribution is 5.95. The number of pyridine rings is 1. The molecule has 0 bridgehead atoms. The third-order valence-electron chi connectivity index (χ3n) is 6.18. The molecule has 5 aromatic rings. The maximum absolute atomic E-state index is 12.5. The summed E-state index contributed by atoms with van der Waals surface area (Å²) >= 11 is 0. The minimum Gasteiger partial charge on any atom is -0.461 e. The molecule has 5 heterocycles. The van der Waals surface area contributed by atoms with Gasteiger partial charge in [0.1, 0.15) is 5.52 Å². The molecular weight excluding hydrogens is 470 g/mol. The quantitative estimate of drug-likeness (QED) is 0.350. The van der Waals surface area contributed by atoms with Crippen molar-refractivity contribution >= 4 is 28.6 Å². The summed E-state index contributed by atoms with van der Waals surface area (Å²) in [6.07, 6.45) is 6.79. The lowest BCUT2D eigenvalue weighted by molar-refractivity contribution is 0.0966. The van der Waals surface area contributed by atoms with Gasteiger partial charge in [-0.05, 0) is 29.3 Å². The van der Waals surface area contributed by atoms with E-state index in [4.69, 9.17) is 29.8 Å². The van der Waals surface area contributed by atoms with Crippen LogP contribution in [0.15, 0.2) is 71.7 Å². The third kappa shape index (κ3) is 4.74. The fourth-order valence-corrected chi connectivity index (χ4v) is 4.31. The van der Waals surface area contributed by atoms with Gasteiger partial charge >= 0.3 is 0 Å². The zero-order valence-electron chi connectivity index (χ0n) is 19.9. The van der Waals surface area contributed by atoms with Gasteiger partial charge < -0.3 is 19.8 Å². The zero-order valence-corrected chi connectivity index (χ0v) is 19.9. The first kappa shape index (κ1) is 22.7. The van der Waals surface area contributed by atoms with Crippen LogP contribution in [0.5, 0.6) is 0 Å². The van der Waals surface area contributed by atoms with Crippen LogP contribution in [0, 0.1) is 0 Å². The predicted molar refractivity (Wildman–Crippen MR) is 138 cm³/mol. The lowest BCUT2D eigenvalue weighted by Gasteiger charge is -2.28. The van der Waals surface area contributed by atoms with Gasteiger partial charge in [-0.25, -0.2) is 19.9 Å². The van der Waals surface area contributed by atoms with E-state index in [2.05, 4.69) is 14.9 Å². The smallest absolute Gasteiger partial charge is 0.219 e. The number of rotatable bonds is 6. The number of Topliss-reactive ketones (excluding diaryl/α,β-unsaturated/α-hetero) is 1. The Morgan fingerprint density at radius 1 is 0.919 bits per heavy atom. The molecule has 0 spiro atoms. The minimum absolute atomic E-state index is 0.0722. The molecule has 184 valence electrons. The van der Waals surface area contributed by atoms with Crippen molar-refractivity contribution in [1.82, 2.24) is 24.9 Å². The summed E-state index contributed by atoms with van der Waals surface area (Å²) in [6, 6.07) is 13.2. The zero-order chi connectivity index (χ0) is 25.2. The summed E-state index contributed by atoms with van der Waals surface area (Å²) in [6.45, 7) is 2.65. The highest BCUT2D eigenvalue weighted by Crippen LogP contribution is 2.30. The first-order valence-electron chi connectivity index (χ1n) is 11.9. The molecule has 0 saturated carbocycles. The number of nitrogen functional groups attached to an aromatic ring is 1. The second-order valence-electron chi connectivity index (χ2n) is 8.67. The summed E-state index contributed by atoms with van der Waals surface area (Å²) in [4.78, 5) is 37.3. The summed E-state index contributed by atoms with van der Waals surface area (Å²) in [7, 11) is 0. The van der Waals surface area contributed by atoms with Crippen molar-refractivity contribution in [3.63, 3.8) is 0 Å². The van der Waals surface area contributed by atoms with Crippen LogP contribution in [0.25, 0.3) is 33.5 Å². The van der Waals surface area contributed by atoms with Gasteiger partial charge in [-0.2, -0.15) is 0 Å². The first-order valence-corrected chi connectivity index (χ1v) is 11.9. The van der Waals surface area contributed by atoms with Crippen LogP contribution in [0.2, 0.25) is 0 Å². The van der Waals surface area contributed by atoms with E-state index in [-0.39, 0.29) is 18.2 Å². The van der Waals surface area contributed by atoms with Gasteiger partial charge in [0.05, 0.1) is 30.6 Å². The second kappa shape index (κ2) is 9.75. The molecule has 0 unspecified atom stereocenters. The number of carbonyl (C=O) groups excluding carboxylic acids is 1. The maximum atomic E-state index is 12.5. The fourth-order valence-electron chi connectivity index (χ4n) is 4.31. The number of furan rings is 1. The Balaban J connectivity index is 1.40. The molecule has 0 aliphatic carbocycles. The maximum Gasteiger partial charge on any atom is 0.219 e. The van der Waals surface area contributed by atoms with Crippen LogP contribution in [0.4, 0.5) is 11.8 Å². The van der Waals surface area contributed by atoms with Gasteiger partial charge in [-0.3, -0.25) is 9.78 Å². The molecule has 1 aliphatic rings. The molecule has 10 nitrogen and oxygen atoms in total. The lowest BCUT2D eigenvalue weighted by Crippen LogP contribution is -2.37. The number of ketones is 1. The van der Waals surface area contributed by atoms with Crippen molar-refractivity contribution in [3.05, 3.63) is 78.6 Å². The van der Waals surface area contributed by atoms with Crippen LogP contribution in [0.3, 0.4) is 0 Å². The Labute approximate surface area is 212 Å². The highest BCUT2D eigenvalue weighted by atomic mass is 16.5. The van der Waals surface area contributed by atoms with Crippen LogP contribution >= 0.6 is 0 Å². The average molecular weight is 494 g/mol. The minimum atomic E-state index is -0.0722. The Bertz CT molecular complexity index is 1560. The van der Waals surface area contributed by atoms with E-state index in [0.29, 0.717) is 54.5 Å². The number of nitrogens with zero attached hydrogens (tertiary/aromatic N) is 6. The molecule has 1 saturated heterocycles. The van der Waals surface area contributed by atoms with Crippen molar-refractivity contribution in [2.24, 2.45) is 0 Å². The number of aromatic nitrogens is 5. The molecule has 10 heteroatoms. The molecule has 37 heavy (non-hydrogen) atoms. The van der Waals surface area contributed by atoms with Crippen LogP contribution < -0.4 is 10.6 Å². The summed E-state index contributed by atoms with van der Waals surface area (Å²) < 4.78 is 10.8. The van der Waals surface area contributed by atoms with E-state index in [1.54, 1.807) is 24.5 Å². The van der Waals surface area contributed by atoms with Crippen molar-refractivity contribution in [1.29, 1.82) is 0 Å². The predicted octanol–water partition coefficient (Wildman–Crippen LogP) is 3.59. The van der Waals surface area contributed by atoms with Gasteiger partial charge in [0.2, 0.25) is 11.7 Å². The normalized spacial score (nSPS) is 13.7. The van der Waals surface area contributed by atoms with E-state index in [1.165, 1.54) is 6.26 Å². The van der Waals surface area contributed by atoms with Gasteiger partial charge in [-0.1, -0.05) is 24.3 Å². The molecule has 4 aromatic heterocycles. The van der Waals surface area contributed by atoms with Gasteiger partial charge in [-0.15, -0.1) is 0 Å². The second-order valence-corrected chi connectivity index (χ2v) is 8.67. The first-order chi connectivity index (χ1) is 18.1. The Morgan fingerprint density at radius 3 is 2.51 bits per heavy atom. The van der Waals surface area contributed by atoms with Crippen molar-refractivity contribution in [3.8, 4) is 22.5 Å². The van der Waals surface area contributed by atoms with Crippen LogP contribution in [-0.2, 0) is 11.2 Å². The Morgan fingerprint density at radius 2 is 1.73 bits per heavy atom. The van der Waals surface area contributed by atoms with Gasteiger partial charge in [0.15, 0.2) is 17.4 Å². The molecule has 2 N–H and O–H groups in total. The van der Waals surface area contributed by atoms with Gasteiger partial charge in [0.25, 0.3) is 0 Å². The Kier molecular flexibility index (Phi) is 5.99. The van der Waals surface area contributed by atoms with Crippen LogP contribution in [-0.4, -0.2) is 57.0 Å². The number of carbonyl (C=O) groups is 1. The fraction of sp³-hybridized carbons (Fsp3) is 0.185. The largest absolute Gasteiger partial charge is 0.461 e. The van der Waals surface area contributed by atoms with Crippen molar-refractivity contribution in [2.45, 2.75) is 6.42 Å². The Hall–Kier alpha value is -4.70. The third-order valence-corrected chi connectivity index (χ3v) is 6.18. The number of benzene rings is 1. The summed E-state index contributed by atoms with van der Waals surface area (Å²) in [5.41, 5.74) is 10.4. The van der Waals surface area contributed by atoms with Crippen LogP contribution in [0.1, 0.15) is 16.1 Å². The number of fused-ring (bicyclic) bond motifs is 1. The van der Waals surface area contributed by atoms with E-state index in [0.717, 1.165) is 22.5 Å². The monoisotopic (exact) mass is 493 g/mol. The molecule has 1 aromatic carbocycles. The topological polar surface area (TPSA) is 133 Å². The lowest BCUT2D eigenvalue weighted by atomic mass is 10.0. The molecule has 0 amide bonds. The van der Waals surface area contributed by atoms with E-state index >= 15 is 0 Å². The molecule has 1 fully saturated rings. The summed E-state index contributed by atoms with van der Waals surface area (Å²) in [5, 5.41) is 0. The van der Waals surface area contributed by atoms with Crippen molar-refractivity contribution in [2.75, 3.05) is 36.9 Å². The molecular formula is C27H23N7O3. The SMILES string of the molecule is Nc1ncc(-c2nc(N3CCOCC3)c3ncc(-c4cccc(CC(=O)c5ccco5)c4)cc3n2)cn1. The molecule has 0 atom stereocenters. The van der Waals surface area contributed by atoms with Crippen molar-refractivity contribution < 1.29 is 13.9 Å². The average Bonchev–Trinajstić information content (AvgIpc) is 3.49.